The van der Waals surface area contributed by atoms with Crippen LogP contribution in [0.2, 0.25) is 5.02 Å². The number of aryl methyl sites for hydroxylation is 1. The summed E-state index contributed by atoms with van der Waals surface area (Å²) >= 11 is 7.07. The molecule has 4 nitrogen and oxygen atoms in total. The van der Waals surface area contributed by atoms with E-state index in [1.54, 1.807) is 25.1 Å². The Morgan fingerprint density at radius 2 is 2.22 bits per heavy atom. The maximum Gasteiger partial charge on any atom is 0.348 e. The van der Waals surface area contributed by atoms with Crippen LogP contribution < -0.4 is 4.74 Å². The average Bonchev–Trinajstić information content (AvgIpc) is 2.71. The monoisotopic (exact) mass is 283 g/mol. The van der Waals surface area contributed by atoms with Gasteiger partial charge in [-0.3, -0.25) is 0 Å². The van der Waals surface area contributed by atoms with E-state index in [1.807, 2.05) is 0 Å². The lowest BCUT2D eigenvalue weighted by Gasteiger charge is -2.07. The van der Waals surface area contributed by atoms with Crippen molar-refractivity contribution in [3.8, 4) is 17.0 Å². The summed E-state index contributed by atoms with van der Waals surface area (Å²) in [5.41, 5.74) is 0.983. The van der Waals surface area contributed by atoms with Crippen LogP contribution in [0, 0.1) is 6.92 Å². The van der Waals surface area contributed by atoms with Gasteiger partial charge < -0.3 is 9.84 Å². The molecule has 1 heterocycles. The Balaban J connectivity index is 2.68. The second-order valence-electron chi connectivity index (χ2n) is 3.56. The Kier molecular flexibility index (Phi) is 3.54. The fourth-order valence-corrected chi connectivity index (χ4v) is 2.56. The highest BCUT2D eigenvalue weighted by atomic mass is 35.5. The fourth-order valence-electron chi connectivity index (χ4n) is 1.62. The number of carboxylic acid groups (broad SMARTS) is 1. The molecule has 1 aromatic carbocycles. The molecule has 0 radical (unpaired) electrons. The molecule has 0 aliphatic carbocycles. The normalized spacial score (nSPS) is 10.4. The van der Waals surface area contributed by atoms with Crippen LogP contribution in [0.4, 0.5) is 0 Å². The lowest BCUT2D eigenvalue weighted by atomic mass is 10.1. The number of benzene rings is 1. The molecule has 0 amide bonds. The van der Waals surface area contributed by atoms with Crippen LogP contribution in [0.3, 0.4) is 0 Å². The predicted octanol–water partition coefficient (Wildman–Crippen LogP) is 3.48. The van der Waals surface area contributed by atoms with Crippen molar-refractivity contribution in [2.24, 2.45) is 0 Å². The van der Waals surface area contributed by atoms with Crippen LogP contribution in [-0.4, -0.2) is 23.2 Å². The van der Waals surface area contributed by atoms with Crippen molar-refractivity contribution in [1.29, 1.82) is 0 Å². The molecule has 2 rings (SSSR count). The molecule has 0 aliphatic rings. The van der Waals surface area contributed by atoms with Crippen molar-refractivity contribution in [1.82, 2.24) is 4.98 Å². The average molecular weight is 284 g/mol. The first kappa shape index (κ1) is 12.9. The van der Waals surface area contributed by atoms with E-state index < -0.39 is 5.97 Å². The number of halogens is 1. The van der Waals surface area contributed by atoms with Crippen LogP contribution in [0.1, 0.15) is 14.7 Å². The van der Waals surface area contributed by atoms with Crippen molar-refractivity contribution in [2.75, 3.05) is 7.11 Å². The van der Waals surface area contributed by atoms with E-state index in [2.05, 4.69) is 4.98 Å². The van der Waals surface area contributed by atoms with Gasteiger partial charge in [0.2, 0.25) is 0 Å². The molecule has 0 spiro atoms. The summed E-state index contributed by atoms with van der Waals surface area (Å²) in [6.45, 7) is 1.76. The van der Waals surface area contributed by atoms with Gasteiger partial charge in [-0.2, -0.15) is 0 Å². The molecule has 0 unspecified atom stereocenters. The zero-order valence-electron chi connectivity index (χ0n) is 9.73. The summed E-state index contributed by atoms with van der Waals surface area (Å²) in [5, 5.41) is 10.4. The number of carbonyl (C=O) groups is 1. The van der Waals surface area contributed by atoms with E-state index in [9.17, 15) is 4.79 Å². The second kappa shape index (κ2) is 4.96. The highest BCUT2D eigenvalue weighted by Gasteiger charge is 2.20. The molecule has 1 aromatic heterocycles. The van der Waals surface area contributed by atoms with E-state index >= 15 is 0 Å². The topological polar surface area (TPSA) is 59.4 Å². The lowest BCUT2D eigenvalue weighted by molar-refractivity contribution is 0.0702. The number of methoxy groups -OCH3 is 1. The molecule has 2 aromatic rings. The van der Waals surface area contributed by atoms with Crippen LogP contribution >= 0.6 is 22.9 Å². The van der Waals surface area contributed by atoms with E-state index in [0.29, 0.717) is 27.0 Å². The van der Waals surface area contributed by atoms with Crippen LogP contribution in [0.25, 0.3) is 11.3 Å². The van der Waals surface area contributed by atoms with E-state index in [4.69, 9.17) is 21.4 Å². The molecule has 0 aliphatic heterocycles. The smallest absolute Gasteiger partial charge is 0.348 e. The number of aromatic nitrogens is 1. The fraction of sp³-hybridized carbons (Fsp3) is 0.167. The number of nitrogens with zero attached hydrogens (tertiary/aromatic N) is 1. The summed E-state index contributed by atoms with van der Waals surface area (Å²) in [7, 11) is 1.52. The third-order valence-electron chi connectivity index (χ3n) is 2.34. The van der Waals surface area contributed by atoms with Gasteiger partial charge in [-0.1, -0.05) is 11.6 Å². The Morgan fingerprint density at radius 1 is 1.50 bits per heavy atom. The number of aromatic carboxylic acids is 1. The van der Waals surface area contributed by atoms with Crippen molar-refractivity contribution in [3.05, 3.63) is 33.1 Å². The molecule has 6 heteroatoms. The standard InChI is InChI=1S/C12H10ClNO3S/c1-6-14-10(11(18-6)12(15)16)8-5-7(13)3-4-9(8)17-2/h3-5H,1-2H3,(H,15,16). The van der Waals surface area contributed by atoms with Crippen molar-refractivity contribution < 1.29 is 14.6 Å². The van der Waals surface area contributed by atoms with Crippen molar-refractivity contribution >= 4 is 28.9 Å². The highest BCUT2D eigenvalue weighted by molar-refractivity contribution is 7.14. The van der Waals surface area contributed by atoms with Gasteiger partial charge in [0.15, 0.2) is 0 Å². The first-order valence-corrected chi connectivity index (χ1v) is 6.27. The van der Waals surface area contributed by atoms with Gasteiger partial charge in [0.05, 0.1) is 17.8 Å². The minimum atomic E-state index is -1.00. The number of hydrogen-bond donors (Lipinski definition) is 1. The Morgan fingerprint density at radius 3 is 2.83 bits per heavy atom. The van der Waals surface area contributed by atoms with Crippen LogP contribution in [0.15, 0.2) is 18.2 Å². The number of rotatable bonds is 3. The van der Waals surface area contributed by atoms with Crippen molar-refractivity contribution in [2.45, 2.75) is 6.92 Å². The summed E-state index contributed by atoms with van der Waals surface area (Å²) in [6, 6.07) is 5.03. The van der Waals surface area contributed by atoms with E-state index in [1.165, 1.54) is 7.11 Å². The summed E-state index contributed by atoms with van der Waals surface area (Å²) in [6.07, 6.45) is 0. The molecule has 0 bridgehead atoms. The largest absolute Gasteiger partial charge is 0.496 e. The molecule has 1 N–H and O–H groups in total. The van der Waals surface area contributed by atoms with Gasteiger partial charge in [0.25, 0.3) is 0 Å². The van der Waals surface area contributed by atoms with E-state index in [-0.39, 0.29) is 4.88 Å². The second-order valence-corrected chi connectivity index (χ2v) is 5.20. The number of hydrogen-bond acceptors (Lipinski definition) is 4. The maximum atomic E-state index is 11.2. The first-order valence-electron chi connectivity index (χ1n) is 5.07. The van der Waals surface area contributed by atoms with Crippen LogP contribution in [0.5, 0.6) is 5.75 Å². The molecule has 0 atom stereocenters. The summed E-state index contributed by atoms with van der Waals surface area (Å²) in [5.74, 6) is -0.454. The number of ether oxygens (including phenoxy) is 1. The number of thiazole rings is 1. The maximum absolute atomic E-state index is 11.2. The minimum absolute atomic E-state index is 0.188. The highest BCUT2D eigenvalue weighted by Crippen LogP contribution is 2.36. The minimum Gasteiger partial charge on any atom is -0.496 e. The molecular formula is C12H10ClNO3S. The van der Waals surface area contributed by atoms with Gasteiger partial charge in [0.1, 0.15) is 10.6 Å². The Bertz CT molecular complexity index is 609. The van der Waals surface area contributed by atoms with Crippen molar-refractivity contribution in [3.63, 3.8) is 0 Å². The molecular weight excluding hydrogens is 274 g/mol. The zero-order chi connectivity index (χ0) is 13.3. The number of carboxylic acids is 1. The molecule has 0 fully saturated rings. The van der Waals surface area contributed by atoms with Gasteiger partial charge in [-0.05, 0) is 25.1 Å². The molecule has 0 saturated carbocycles. The lowest BCUT2D eigenvalue weighted by Crippen LogP contribution is -1.97. The zero-order valence-corrected chi connectivity index (χ0v) is 11.3. The van der Waals surface area contributed by atoms with E-state index in [0.717, 1.165) is 11.3 Å². The predicted molar refractivity (Wildman–Crippen MR) is 70.8 cm³/mol. The summed E-state index contributed by atoms with van der Waals surface area (Å²) < 4.78 is 5.21. The van der Waals surface area contributed by atoms with Gasteiger partial charge in [-0.25, -0.2) is 9.78 Å². The quantitative estimate of drug-likeness (QED) is 0.937. The molecule has 0 saturated heterocycles. The first-order chi connectivity index (χ1) is 8.52. The SMILES string of the molecule is COc1ccc(Cl)cc1-c1nc(C)sc1C(=O)O. The van der Waals surface area contributed by atoms with Gasteiger partial charge in [-0.15, -0.1) is 11.3 Å². The Labute approximate surface area is 113 Å². The Hall–Kier alpha value is -1.59. The third kappa shape index (κ3) is 2.32. The van der Waals surface area contributed by atoms with Gasteiger partial charge >= 0.3 is 5.97 Å². The summed E-state index contributed by atoms with van der Waals surface area (Å²) in [4.78, 5) is 15.6. The van der Waals surface area contributed by atoms with Crippen LogP contribution in [-0.2, 0) is 0 Å². The van der Waals surface area contributed by atoms with Gasteiger partial charge in [0, 0.05) is 10.6 Å². The molecule has 18 heavy (non-hydrogen) atoms. The molecule has 94 valence electrons. The third-order valence-corrected chi connectivity index (χ3v) is 3.54.